The minimum atomic E-state index is -0.437. The molecule has 4 heteroatoms. The van der Waals surface area contributed by atoms with E-state index >= 15 is 0 Å². The number of nitrogens with zero attached hydrogens (tertiary/aromatic N) is 1. The van der Waals surface area contributed by atoms with Crippen LogP contribution in [0.15, 0.2) is 17.7 Å². The Balaban J connectivity index is 2.59. The Morgan fingerprint density at radius 1 is 1.50 bits per heavy atom. The zero-order chi connectivity index (χ0) is 10.1. The number of ether oxygens (including phenoxy) is 1. The molecule has 1 aromatic rings. The fraction of sp³-hybridized carbons (Fsp3) is 0.100. The van der Waals surface area contributed by atoms with Crippen molar-refractivity contribution >= 4 is 17.7 Å². The van der Waals surface area contributed by atoms with Crippen molar-refractivity contribution < 1.29 is 9.13 Å². The largest absolute Gasteiger partial charge is 0.486 e. The van der Waals surface area contributed by atoms with Crippen molar-refractivity contribution in [1.29, 1.82) is 5.26 Å². The minimum Gasteiger partial charge on any atom is -0.486 e. The van der Waals surface area contributed by atoms with Gasteiger partial charge in [-0.1, -0.05) is 11.6 Å². The smallest absolute Gasteiger partial charge is 0.145 e. The van der Waals surface area contributed by atoms with Gasteiger partial charge in [0.05, 0.1) is 16.7 Å². The van der Waals surface area contributed by atoms with Gasteiger partial charge in [-0.2, -0.15) is 5.26 Å². The molecule has 0 saturated heterocycles. The normalized spacial score (nSPS) is 13.6. The SMILES string of the molecule is N#CC1=Cc2cc(F)cc(Cl)c2OC1. The van der Waals surface area contributed by atoms with Crippen LogP contribution in [0.4, 0.5) is 4.39 Å². The summed E-state index contributed by atoms with van der Waals surface area (Å²) in [5.41, 5.74) is 0.969. The average molecular weight is 210 g/mol. The molecule has 1 aliphatic rings. The van der Waals surface area contributed by atoms with Crippen molar-refractivity contribution in [2.45, 2.75) is 0 Å². The van der Waals surface area contributed by atoms with Gasteiger partial charge in [0.25, 0.3) is 0 Å². The molecular formula is C10H5ClFNO. The summed E-state index contributed by atoms with van der Waals surface area (Å²) >= 11 is 5.76. The third-order valence-corrected chi connectivity index (χ3v) is 2.16. The van der Waals surface area contributed by atoms with Gasteiger partial charge in [0, 0.05) is 5.56 Å². The number of rotatable bonds is 0. The lowest BCUT2D eigenvalue weighted by molar-refractivity contribution is 0.351. The second-order valence-electron chi connectivity index (χ2n) is 2.88. The van der Waals surface area contributed by atoms with Gasteiger partial charge < -0.3 is 4.74 Å². The maximum atomic E-state index is 12.9. The third kappa shape index (κ3) is 1.45. The van der Waals surface area contributed by atoms with Gasteiger partial charge in [-0.05, 0) is 18.2 Å². The van der Waals surface area contributed by atoms with Crippen LogP contribution in [0.5, 0.6) is 5.75 Å². The van der Waals surface area contributed by atoms with Gasteiger partial charge in [-0.3, -0.25) is 0 Å². The number of nitriles is 1. The lowest BCUT2D eigenvalue weighted by atomic mass is 10.1. The number of hydrogen-bond acceptors (Lipinski definition) is 2. The first kappa shape index (κ1) is 9.04. The molecule has 1 heterocycles. The number of benzene rings is 1. The Morgan fingerprint density at radius 3 is 3.00 bits per heavy atom. The molecule has 0 saturated carbocycles. The summed E-state index contributed by atoms with van der Waals surface area (Å²) in [6, 6.07) is 4.43. The molecular weight excluding hydrogens is 205 g/mol. The molecule has 1 aromatic carbocycles. The predicted octanol–water partition coefficient (Wildman–Crippen LogP) is 2.78. The molecule has 0 N–H and O–H groups in total. The number of fused-ring (bicyclic) bond motifs is 1. The Labute approximate surface area is 85.2 Å². The molecule has 0 radical (unpaired) electrons. The van der Waals surface area contributed by atoms with E-state index in [9.17, 15) is 4.39 Å². The highest BCUT2D eigenvalue weighted by molar-refractivity contribution is 6.32. The molecule has 0 bridgehead atoms. The van der Waals surface area contributed by atoms with Crippen LogP contribution in [0.2, 0.25) is 5.02 Å². The van der Waals surface area contributed by atoms with E-state index in [2.05, 4.69) is 0 Å². The van der Waals surface area contributed by atoms with E-state index in [0.29, 0.717) is 16.9 Å². The van der Waals surface area contributed by atoms with E-state index in [0.717, 1.165) is 0 Å². The summed E-state index contributed by atoms with van der Waals surface area (Å²) in [5.74, 6) is -0.000133. The average Bonchev–Trinajstić information content (AvgIpc) is 2.16. The summed E-state index contributed by atoms with van der Waals surface area (Å²) in [6.07, 6.45) is 1.58. The first-order chi connectivity index (χ1) is 6.70. The van der Waals surface area contributed by atoms with Crippen LogP contribution in [0.1, 0.15) is 5.56 Å². The van der Waals surface area contributed by atoms with Crippen LogP contribution in [-0.4, -0.2) is 6.61 Å². The number of hydrogen-bond donors (Lipinski definition) is 0. The van der Waals surface area contributed by atoms with Crippen LogP contribution < -0.4 is 4.74 Å². The Bertz CT molecular complexity index is 462. The van der Waals surface area contributed by atoms with Crippen molar-refractivity contribution in [1.82, 2.24) is 0 Å². The maximum absolute atomic E-state index is 12.9. The van der Waals surface area contributed by atoms with Gasteiger partial charge in [-0.25, -0.2) is 4.39 Å². The first-order valence-electron chi connectivity index (χ1n) is 3.93. The molecule has 0 atom stereocenters. The van der Waals surface area contributed by atoms with Crippen LogP contribution >= 0.6 is 11.6 Å². The quantitative estimate of drug-likeness (QED) is 0.658. The molecule has 14 heavy (non-hydrogen) atoms. The molecule has 0 aliphatic carbocycles. The van der Waals surface area contributed by atoms with Crippen molar-refractivity contribution in [2.75, 3.05) is 6.61 Å². The molecule has 0 fully saturated rings. The molecule has 0 unspecified atom stereocenters. The summed E-state index contributed by atoms with van der Waals surface area (Å²) in [6.45, 7) is 0.189. The van der Waals surface area contributed by atoms with E-state index in [1.807, 2.05) is 6.07 Å². The van der Waals surface area contributed by atoms with E-state index < -0.39 is 5.82 Å². The second-order valence-corrected chi connectivity index (χ2v) is 3.28. The molecule has 0 amide bonds. The van der Waals surface area contributed by atoms with E-state index in [1.54, 1.807) is 6.08 Å². The van der Waals surface area contributed by atoms with Crippen LogP contribution in [0, 0.1) is 17.1 Å². The van der Waals surface area contributed by atoms with Gasteiger partial charge >= 0.3 is 0 Å². The third-order valence-electron chi connectivity index (χ3n) is 1.88. The van der Waals surface area contributed by atoms with E-state index in [4.69, 9.17) is 21.6 Å². The van der Waals surface area contributed by atoms with E-state index in [1.165, 1.54) is 12.1 Å². The van der Waals surface area contributed by atoms with Crippen molar-refractivity contribution in [3.63, 3.8) is 0 Å². The highest BCUT2D eigenvalue weighted by Gasteiger charge is 2.15. The Morgan fingerprint density at radius 2 is 2.29 bits per heavy atom. The van der Waals surface area contributed by atoms with Gasteiger partial charge in [-0.15, -0.1) is 0 Å². The van der Waals surface area contributed by atoms with E-state index in [-0.39, 0.29) is 11.6 Å². The molecule has 70 valence electrons. The lowest BCUT2D eigenvalue weighted by Crippen LogP contribution is -2.06. The monoisotopic (exact) mass is 209 g/mol. The lowest BCUT2D eigenvalue weighted by Gasteiger charge is -2.15. The summed E-state index contributed by atoms with van der Waals surface area (Å²) in [7, 11) is 0. The Hall–Kier alpha value is -1.53. The van der Waals surface area contributed by atoms with Gasteiger partial charge in [0.1, 0.15) is 18.2 Å². The van der Waals surface area contributed by atoms with Crippen LogP contribution in [-0.2, 0) is 0 Å². The highest BCUT2D eigenvalue weighted by Crippen LogP contribution is 2.34. The second kappa shape index (κ2) is 3.32. The zero-order valence-electron chi connectivity index (χ0n) is 7.05. The molecule has 2 rings (SSSR count). The molecule has 2 nitrogen and oxygen atoms in total. The topological polar surface area (TPSA) is 33.0 Å². The summed E-state index contributed by atoms with van der Waals surface area (Å²) in [5, 5.41) is 8.86. The Kier molecular flexibility index (Phi) is 2.14. The van der Waals surface area contributed by atoms with Crippen LogP contribution in [0.3, 0.4) is 0 Å². The summed E-state index contributed by atoms with van der Waals surface area (Å²) in [4.78, 5) is 0. The fourth-order valence-electron chi connectivity index (χ4n) is 1.28. The molecule has 0 spiro atoms. The fourth-order valence-corrected chi connectivity index (χ4v) is 1.55. The molecule has 0 aromatic heterocycles. The minimum absolute atomic E-state index is 0.189. The maximum Gasteiger partial charge on any atom is 0.145 e. The first-order valence-corrected chi connectivity index (χ1v) is 4.31. The standard InChI is InChI=1S/C10H5ClFNO/c11-9-3-8(12)2-7-1-6(4-13)5-14-10(7)9/h1-3H,5H2. The predicted molar refractivity (Wildman–Crippen MR) is 50.5 cm³/mol. The van der Waals surface area contributed by atoms with Gasteiger partial charge in [0.2, 0.25) is 0 Å². The zero-order valence-corrected chi connectivity index (χ0v) is 7.81. The summed E-state index contributed by atoms with van der Waals surface area (Å²) < 4.78 is 18.2. The highest BCUT2D eigenvalue weighted by atomic mass is 35.5. The molecule has 1 aliphatic heterocycles. The number of halogens is 2. The van der Waals surface area contributed by atoms with Gasteiger partial charge in [0.15, 0.2) is 0 Å². The van der Waals surface area contributed by atoms with Crippen molar-refractivity contribution in [3.05, 3.63) is 34.1 Å². The van der Waals surface area contributed by atoms with Crippen LogP contribution in [0.25, 0.3) is 6.08 Å². The van der Waals surface area contributed by atoms with Crippen molar-refractivity contribution in [2.24, 2.45) is 0 Å². The van der Waals surface area contributed by atoms with Crippen molar-refractivity contribution in [3.8, 4) is 11.8 Å².